The number of nitrogens with two attached hydrogens (primary N) is 1. The number of carbonyl (C=O) groups excluding carboxylic acids is 2. The molecule has 0 spiro atoms. The van der Waals surface area contributed by atoms with Gasteiger partial charge >= 0.3 is 5.97 Å². The molecule has 1 fully saturated rings. The van der Waals surface area contributed by atoms with Gasteiger partial charge < -0.3 is 10.8 Å². The zero-order valence-electron chi connectivity index (χ0n) is 10.8. The second kappa shape index (κ2) is 5.71. The van der Waals surface area contributed by atoms with Crippen LogP contribution in [0.3, 0.4) is 0 Å². The normalized spacial score (nSPS) is 28.4. The van der Waals surface area contributed by atoms with Gasteiger partial charge in [0.15, 0.2) is 0 Å². The smallest absolute Gasteiger partial charge is 0.352 e. The summed E-state index contributed by atoms with van der Waals surface area (Å²) in [5.74, 6) is 0.230. The first kappa shape index (κ1) is 15.0. The van der Waals surface area contributed by atoms with Crippen LogP contribution in [-0.4, -0.2) is 55.7 Å². The van der Waals surface area contributed by atoms with Gasteiger partial charge in [0.1, 0.15) is 17.1 Å². The Balaban J connectivity index is 1.78. The van der Waals surface area contributed by atoms with Gasteiger partial charge in [-0.25, -0.2) is 4.79 Å². The average Bonchev–Trinajstić information content (AvgIpc) is 2.88. The number of thioether (sulfide) groups is 3. The summed E-state index contributed by atoms with van der Waals surface area (Å²) < 4.78 is 0. The van der Waals surface area contributed by atoms with E-state index in [1.54, 1.807) is 6.08 Å². The molecule has 1 amide bonds. The van der Waals surface area contributed by atoms with Crippen LogP contribution in [0, 0.1) is 0 Å². The van der Waals surface area contributed by atoms with E-state index in [2.05, 4.69) is 0 Å². The highest BCUT2D eigenvalue weighted by molar-refractivity contribution is 8.16. The van der Waals surface area contributed by atoms with Crippen molar-refractivity contribution in [1.82, 2.24) is 4.90 Å². The predicted molar refractivity (Wildman–Crippen MR) is 83.7 cm³/mol. The fourth-order valence-corrected chi connectivity index (χ4v) is 5.70. The summed E-state index contributed by atoms with van der Waals surface area (Å²) in [6.07, 6.45) is 1.58. The maximum absolute atomic E-state index is 11.8. The van der Waals surface area contributed by atoms with E-state index in [1.165, 1.54) is 40.2 Å². The fourth-order valence-electron chi connectivity index (χ4n) is 2.31. The highest BCUT2D eigenvalue weighted by Gasteiger charge is 2.51. The Labute approximate surface area is 133 Å². The number of β-lactam (4-membered cyclic amide) rings is 1. The standard InChI is InChI=1S/C12H12N2O4S3/c13-8-10(16)14-9(12(17)18)5(3-21-11(8)14)2-19-6-1-7(15)20-4-6/h1,8,11H,2-4,13H2,(H,17,18)/t8?,11-/m1/s1. The lowest BCUT2D eigenvalue weighted by Crippen LogP contribution is -2.68. The Morgan fingerprint density at radius 2 is 2.24 bits per heavy atom. The molecule has 0 bridgehead atoms. The van der Waals surface area contributed by atoms with Crippen molar-refractivity contribution in [2.24, 2.45) is 5.73 Å². The lowest BCUT2D eigenvalue weighted by Gasteiger charge is -2.48. The SMILES string of the molecule is NC1C(=O)N2C(C(=O)O)=C(CSC3=CC(=O)SC3)CS[C@H]12. The van der Waals surface area contributed by atoms with Crippen LogP contribution in [0.2, 0.25) is 0 Å². The molecule has 112 valence electrons. The van der Waals surface area contributed by atoms with Crippen LogP contribution in [0.5, 0.6) is 0 Å². The highest BCUT2D eigenvalue weighted by atomic mass is 32.2. The molecule has 3 rings (SSSR count). The van der Waals surface area contributed by atoms with Gasteiger partial charge in [-0.15, -0.1) is 23.5 Å². The Morgan fingerprint density at radius 1 is 1.48 bits per heavy atom. The summed E-state index contributed by atoms with van der Waals surface area (Å²) in [4.78, 5) is 36.6. The van der Waals surface area contributed by atoms with Crippen LogP contribution >= 0.6 is 35.3 Å². The van der Waals surface area contributed by atoms with Crippen LogP contribution in [0.15, 0.2) is 22.3 Å². The second-order valence-electron chi connectivity index (χ2n) is 4.70. The number of carbonyl (C=O) groups is 3. The molecule has 6 nitrogen and oxygen atoms in total. The van der Waals surface area contributed by atoms with E-state index in [9.17, 15) is 19.5 Å². The van der Waals surface area contributed by atoms with Gasteiger partial charge in [-0.2, -0.15) is 0 Å². The molecule has 21 heavy (non-hydrogen) atoms. The van der Waals surface area contributed by atoms with Gasteiger partial charge in [0.2, 0.25) is 11.0 Å². The van der Waals surface area contributed by atoms with Gasteiger partial charge in [-0.05, 0) is 10.5 Å². The molecule has 0 aromatic heterocycles. The lowest BCUT2D eigenvalue weighted by atomic mass is 10.0. The van der Waals surface area contributed by atoms with Crippen molar-refractivity contribution < 1.29 is 19.5 Å². The number of fused-ring (bicyclic) bond motifs is 1. The molecule has 0 aliphatic carbocycles. The van der Waals surface area contributed by atoms with E-state index in [-0.39, 0.29) is 22.1 Å². The van der Waals surface area contributed by atoms with Gasteiger partial charge in [-0.1, -0.05) is 11.8 Å². The summed E-state index contributed by atoms with van der Waals surface area (Å²) in [5.41, 5.74) is 6.46. The number of hydrogen-bond acceptors (Lipinski definition) is 7. The number of carboxylic acids is 1. The third-order valence-corrected chi connectivity index (χ3v) is 6.89. The average molecular weight is 344 g/mol. The Bertz CT molecular complexity index is 601. The van der Waals surface area contributed by atoms with Crippen molar-refractivity contribution in [1.29, 1.82) is 0 Å². The number of amides is 1. The molecular weight excluding hydrogens is 332 g/mol. The van der Waals surface area contributed by atoms with Crippen molar-refractivity contribution in [2.45, 2.75) is 11.4 Å². The molecule has 0 saturated carbocycles. The zero-order chi connectivity index (χ0) is 15.1. The monoisotopic (exact) mass is 344 g/mol. The van der Waals surface area contributed by atoms with E-state index >= 15 is 0 Å². The summed E-state index contributed by atoms with van der Waals surface area (Å²) in [7, 11) is 0. The predicted octanol–water partition coefficient (Wildman–Crippen LogP) is 0.458. The quantitative estimate of drug-likeness (QED) is 0.709. The summed E-state index contributed by atoms with van der Waals surface area (Å²) in [5, 5.41) is 9.16. The molecule has 0 radical (unpaired) electrons. The molecule has 1 unspecified atom stereocenters. The molecule has 3 aliphatic heterocycles. The van der Waals surface area contributed by atoms with Crippen LogP contribution in [0.25, 0.3) is 0 Å². The van der Waals surface area contributed by atoms with Crippen molar-refractivity contribution in [3.8, 4) is 0 Å². The molecule has 9 heteroatoms. The van der Waals surface area contributed by atoms with Crippen LogP contribution < -0.4 is 5.73 Å². The van der Waals surface area contributed by atoms with Gasteiger partial charge in [0, 0.05) is 23.3 Å². The topological polar surface area (TPSA) is 101 Å². The first-order chi connectivity index (χ1) is 9.99. The molecular formula is C12H12N2O4S3. The summed E-state index contributed by atoms with van der Waals surface area (Å²) >= 11 is 4.19. The zero-order valence-corrected chi connectivity index (χ0v) is 13.2. The van der Waals surface area contributed by atoms with Crippen molar-refractivity contribution in [2.75, 3.05) is 17.3 Å². The third-order valence-electron chi connectivity index (χ3n) is 3.36. The summed E-state index contributed by atoms with van der Waals surface area (Å²) in [6, 6.07) is -0.606. The molecule has 2 atom stereocenters. The Kier molecular flexibility index (Phi) is 4.08. The van der Waals surface area contributed by atoms with Crippen LogP contribution in [0.1, 0.15) is 0 Å². The van der Waals surface area contributed by atoms with Gasteiger partial charge in [0.05, 0.1) is 0 Å². The minimum absolute atomic E-state index is 0.0342. The molecule has 0 aromatic carbocycles. The number of rotatable bonds is 4. The molecule has 3 aliphatic rings. The van der Waals surface area contributed by atoms with Gasteiger partial charge in [0.25, 0.3) is 0 Å². The molecule has 3 N–H and O–H groups in total. The number of aliphatic carboxylic acids is 1. The van der Waals surface area contributed by atoms with E-state index < -0.39 is 12.0 Å². The summed E-state index contributed by atoms with van der Waals surface area (Å²) in [6.45, 7) is 0. The van der Waals surface area contributed by atoms with Gasteiger partial charge in [-0.3, -0.25) is 14.5 Å². The van der Waals surface area contributed by atoms with E-state index in [1.807, 2.05) is 0 Å². The number of hydrogen-bond donors (Lipinski definition) is 2. The first-order valence-corrected chi connectivity index (χ1v) is 9.16. The van der Waals surface area contributed by atoms with E-state index in [0.29, 0.717) is 22.8 Å². The Hall–Kier alpha value is -0.900. The number of nitrogens with zero attached hydrogens (tertiary/aromatic N) is 1. The minimum Gasteiger partial charge on any atom is -0.477 e. The first-order valence-electron chi connectivity index (χ1n) is 6.14. The molecule has 0 aromatic rings. The molecule has 1 saturated heterocycles. The minimum atomic E-state index is -1.10. The maximum atomic E-state index is 11.8. The fraction of sp³-hybridized carbons (Fsp3) is 0.417. The lowest BCUT2D eigenvalue weighted by molar-refractivity contribution is -0.147. The van der Waals surface area contributed by atoms with Crippen LogP contribution in [0.4, 0.5) is 0 Å². The van der Waals surface area contributed by atoms with Crippen molar-refractivity contribution in [3.63, 3.8) is 0 Å². The third kappa shape index (κ3) is 2.63. The number of carboxylic acid groups (broad SMARTS) is 1. The van der Waals surface area contributed by atoms with E-state index in [0.717, 1.165) is 4.91 Å². The van der Waals surface area contributed by atoms with E-state index in [4.69, 9.17) is 5.73 Å². The van der Waals surface area contributed by atoms with Crippen molar-refractivity contribution in [3.05, 3.63) is 22.3 Å². The van der Waals surface area contributed by atoms with Crippen LogP contribution in [-0.2, 0) is 14.4 Å². The van der Waals surface area contributed by atoms with Crippen molar-refractivity contribution >= 4 is 52.3 Å². The maximum Gasteiger partial charge on any atom is 0.352 e. The highest BCUT2D eigenvalue weighted by Crippen LogP contribution is 2.41. The molecule has 3 heterocycles. The largest absolute Gasteiger partial charge is 0.477 e. The Morgan fingerprint density at radius 3 is 2.86 bits per heavy atom. The second-order valence-corrected chi connectivity index (χ2v) is 7.89.